The summed E-state index contributed by atoms with van der Waals surface area (Å²) in [5.74, 6) is 0. The molecule has 3 nitrogen and oxygen atoms in total. The number of rotatable bonds is 5. The summed E-state index contributed by atoms with van der Waals surface area (Å²) in [6, 6.07) is 0.734. The van der Waals surface area contributed by atoms with E-state index in [0.29, 0.717) is 6.04 Å². The fourth-order valence-electron chi connectivity index (χ4n) is 2.30. The molecule has 1 aromatic rings. The van der Waals surface area contributed by atoms with E-state index in [0.717, 1.165) is 25.0 Å². The number of nitrogens with two attached hydrogens (primary N) is 1. The Morgan fingerprint density at radius 1 is 1.25 bits per heavy atom. The number of nitrogens with zero attached hydrogens (tertiary/aromatic N) is 2. The number of hydrogen-bond donors (Lipinski definition) is 1. The SMILES string of the molecule is CCC(CC)n1nc(C)c(CC(C)N)c1C. The highest BCUT2D eigenvalue weighted by atomic mass is 15.3. The van der Waals surface area contributed by atoms with Crippen LogP contribution >= 0.6 is 0 Å². The van der Waals surface area contributed by atoms with Crippen LogP contribution in [0.4, 0.5) is 0 Å². The van der Waals surface area contributed by atoms with E-state index in [2.05, 4.69) is 37.5 Å². The summed E-state index contributed by atoms with van der Waals surface area (Å²) < 4.78 is 2.19. The van der Waals surface area contributed by atoms with Crippen molar-refractivity contribution in [3.05, 3.63) is 17.0 Å². The summed E-state index contributed by atoms with van der Waals surface area (Å²) in [5.41, 5.74) is 9.65. The summed E-state index contributed by atoms with van der Waals surface area (Å²) in [6.45, 7) is 10.7. The fraction of sp³-hybridized carbons (Fsp3) is 0.769. The van der Waals surface area contributed by atoms with E-state index in [4.69, 9.17) is 5.73 Å². The van der Waals surface area contributed by atoms with Crippen molar-refractivity contribution in [1.29, 1.82) is 0 Å². The molecule has 1 unspecified atom stereocenters. The van der Waals surface area contributed by atoms with Gasteiger partial charge < -0.3 is 5.73 Å². The average molecular weight is 223 g/mol. The van der Waals surface area contributed by atoms with E-state index < -0.39 is 0 Å². The Morgan fingerprint density at radius 3 is 2.25 bits per heavy atom. The minimum absolute atomic E-state index is 0.205. The second kappa shape index (κ2) is 5.48. The molecule has 0 fully saturated rings. The molecule has 0 spiro atoms. The molecule has 0 aliphatic rings. The van der Waals surface area contributed by atoms with E-state index in [1.54, 1.807) is 0 Å². The van der Waals surface area contributed by atoms with Gasteiger partial charge in [-0.25, -0.2) is 0 Å². The van der Waals surface area contributed by atoms with Crippen LogP contribution in [0.3, 0.4) is 0 Å². The second-order valence-corrected chi connectivity index (χ2v) is 4.75. The topological polar surface area (TPSA) is 43.8 Å². The maximum atomic E-state index is 5.88. The highest BCUT2D eigenvalue weighted by Gasteiger charge is 2.16. The van der Waals surface area contributed by atoms with Crippen molar-refractivity contribution in [2.45, 2.75) is 66.0 Å². The third kappa shape index (κ3) is 2.64. The molecule has 0 saturated carbocycles. The third-order valence-electron chi connectivity index (χ3n) is 3.29. The van der Waals surface area contributed by atoms with Gasteiger partial charge in [0, 0.05) is 11.7 Å². The van der Waals surface area contributed by atoms with Gasteiger partial charge in [-0.05, 0) is 45.6 Å². The molecule has 1 aromatic heterocycles. The van der Waals surface area contributed by atoms with Crippen LogP contribution in [0.15, 0.2) is 0 Å². The van der Waals surface area contributed by atoms with Crippen molar-refractivity contribution < 1.29 is 0 Å². The summed E-state index contributed by atoms with van der Waals surface area (Å²) in [5, 5.41) is 4.67. The van der Waals surface area contributed by atoms with Gasteiger partial charge in [-0.3, -0.25) is 4.68 Å². The van der Waals surface area contributed by atoms with Gasteiger partial charge in [-0.1, -0.05) is 13.8 Å². The Balaban J connectivity index is 3.05. The highest BCUT2D eigenvalue weighted by Crippen LogP contribution is 2.22. The lowest BCUT2D eigenvalue weighted by Crippen LogP contribution is -2.19. The number of hydrogen-bond acceptors (Lipinski definition) is 2. The number of aromatic nitrogens is 2. The van der Waals surface area contributed by atoms with Crippen LogP contribution in [0.2, 0.25) is 0 Å². The molecule has 0 aliphatic heterocycles. The first-order chi connectivity index (χ1) is 7.51. The van der Waals surface area contributed by atoms with Gasteiger partial charge >= 0.3 is 0 Å². The third-order valence-corrected chi connectivity index (χ3v) is 3.29. The van der Waals surface area contributed by atoms with Crippen LogP contribution in [0, 0.1) is 13.8 Å². The van der Waals surface area contributed by atoms with Crippen molar-refractivity contribution in [3.8, 4) is 0 Å². The van der Waals surface area contributed by atoms with E-state index in [1.165, 1.54) is 11.3 Å². The van der Waals surface area contributed by atoms with E-state index in [9.17, 15) is 0 Å². The fourth-order valence-corrected chi connectivity index (χ4v) is 2.30. The van der Waals surface area contributed by atoms with Gasteiger partial charge in [-0.2, -0.15) is 5.10 Å². The molecule has 16 heavy (non-hydrogen) atoms. The van der Waals surface area contributed by atoms with E-state index >= 15 is 0 Å². The Hall–Kier alpha value is -0.830. The normalized spacial score (nSPS) is 13.4. The first-order valence-corrected chi connectivity index (χ1v) is 6.31. The first kappa shape index (κ1) is 13.2. The summed E-state index contributed by atoms with van der Waals surface area (Å²) in [6.07, 6.45) is 3.20. The van der Waals surface area contributed by atoms with Gasteiger partial charge in [0.2, 0.25) is 0 Å². The maximum absolute atomic E-state index is 5.88. The van der Waals surface area contributed by atoms with Crippen LogP contribution < -0.4 is 5.73 Å². The summed E-state index contributed by atoms with van der Waals surface area (Å²) in [7, 11) is 0. The van der Waals surface area contributed by atoms with Crippen LogP contribution in [0.1, 0.15) is 56.6 Å². The van der Waals surface area contributed by atoms with Crippen molar-refractivity contribution in [1.82, 2.24) is 9.78 Å². The molecule has 92 valence electrons. The largest absolute Gasteiger partial charge is 0.328 e. The predicted octanol–water partition coefficient (Wildman–Crippen LogP) is 2.75. The molecule has 1 heterocycles. The molecule has 0 saturated heterocycles. The molecule has 0 bridgehead atoms. The molecule has 2 N–H and O–H groups in total. The van der Waals surface area contributed by atoms with Gasteiger partial charge in [-0.15, -0.1) is 0 Å². The molecular weight excluding hydrogens is 198 g/mol. The van der Waals surface area contributed by atoms with E-state index in [1.807, 2.05) is 6.92 Å². The van der Waals surface area contributed by atoms with Gasteiger partial charge in [0.05, 0.1) is 11.7 Å². The Bertz CT molecular complexity index is 335. The zero-order chi connectivity index (χ0) is 12.3. The molecule has 1 rings (SSSR count). The average Bonchev–Trinajstić information content (AvgIpc) is 2.48. The van der Waals surface area contributed by atoms with E-state index in [-0.39, 0.29) is 6.04 Å². The Kier molecular flexibility index (Phi) is 4.54. The zero-order valence-corrected chi connectivity index (χ0v) is 11.2. The van der Waals surface area contributed by atoms with Crippen molar-refractivity contribution in [3.63, 3.8) is 0 Å². The first-order valence-electron chi connectivity index (χ1n) is 6.31. The Morgan fingerprint density at radius 2 is 1.81 bits per heavy atom. The van der Waals surface area contributed by atoms with Crippen LogP contribution in [0.5, 0.6) is 0 Å². The van der Waals surface area contributed by atoms with Gasteiger partial charge in [0.25, 0.3) is 0 Å². The quantitative estimate of drug-likeness (QED) is 0.834. The van der Waals surface area contributed by atoms with Gasteiger partial charge in [0.1, 0.15) is 0 Å². The van der Waals surface area contributed by atoms with Crippen LogP contribution in [-0.2, 0) is 6.42 Å². The van der Waals surface area contributed by atoms with Crippen LogP contribution in [-0.4, -0.2) is 15.8 Å². The molecule has 3 heteroatoms. The van der Waals surface area contributed by atoms with Crippen molar-refractivity contribution >= 4 is 0 Å². The molecular formula is C13H25N3. The molecule has 0 radical (unpaired) electrons. The summed E-state index contributed by atoms with van der Waals surface area (Å²) in [4.78, 5) is 0. The minimum Gasteiger partial charge on any atom is -0.328 e. The molecule has 0 amide bonds. The smallest absolute Gasteiger partial charge is 0.0629 e. The van der Waals surface area contributed by atoms with Crippen LogP contribution in [0.25, 0.3) is 0 Å². The zero-order valence-electron chi connectivity index (χ0n) is 11.2. The maximum Gasteiger partial charge on any atom is 0.0629 e. The monoisotopic (exact) mass is 223 g/mol. The second-order valence-electron chi connectivity index (χ2n) is 4.75. The highest BCUT2D eigenvalue weighted by molar-refractivity contribution is 5.25. The summed E-state index contributed by atoms with van der Waals surface area (Å²) >= 11 is 0. The lowest BCUT2D eigenvalue weighted by Gasteiger charge is -2.15. The van der Waals surface area contributed by atoms with Crippen molar-refractivity contribution in [2.24, 2.45) is 5.73 Å². The molecule has 0 aromatic carbocycles. The standard InChI is InChI=1S/C13H25N3/c1-6-12(7-2)16-11(5)13(8-9(3)14)10(4)15-16/h9,12H,6-8,14H2,1-5H3. The lowest BCUT2D eigenvalue weighted by molar-refractivity contribution is 0.418. The van der Waals surface area contributed by atoms with Crippen molar-refractivity contribution in [2.75, 3.05) is 0 Å². The lowest BCUT2D eigenvalue weighted by atomic mass is 10.1. The molecule has 1 atom stereocenters. The van der Waals surface area contributed by atoms with Gasteiger partial charge in [0.15, 0.2) is 0 Å². The number of aryl methyl sites for hydroxylation is 1. The molecule has 0 aliphatic carbocycles. The minimum atomic E-state index is 0.205. The Labute approximate surface area is 99.0 Å². The predicted molar refractivity (Wildman–Crippen MR) is 68.7 cm³/mol.